The van der Waals surface area contributed by atoms with E-state index in [-0.39, 0.29) is 11.3 Å². The van der Waals surface area contributed by atoms with E-state index in [4.69, 9.17) is 14.2 Å². The molecule has 3 rings (SSSR count). The van der Waals surface area contributed by atoms with Crippen molar-refractivity contribution in [3.05, 3.63) is 47.5 Å². The molecule has 7 heteroatoms. The molecule has 0 radical (unpaired) electrons. The maximum Gasteiger partial charge on any atom is 0.342 e. The summed E-state index contributed by atoms with van der Waals surface area (Å²) in [7, 11) is 0. The van der Waals surface area contributed by atoms with Gasteiger partial charge in [0.15, 0.2) is 18.1 Å². The molecule has 136 valence electrons. The fraction of sp³-hybridized carbons (Fsp3) is 0.263. The van der Waals surface area contributed by atoms with Crippen LogP contribution in [0.15, 0.2) is 36.4 Å². The number of hydrogen-bond acceptors (Lipinski definition) is 6. The average molecular weight is 357 g/mol. The van der Waals surface area contributed by atoms with Gasteiger partial charge >= 0.3 is 5.97 Å². The Morgan fingerprint density at radius 1 is 1.12 bits per heavy atom. The number of amides is 1. The van der Waals surface area contributed by atoms with Crippen molar-refractivity contribution in [2.24, 2.45) is 0 Å². The molecule has 0 aliphatic carbocycles. The number of ether oxygens (including phenoxy) is 3. The fourth-order valence-electron chi connectivity index (χ4n) is 2.46. The Kier molecular flexibility index (Phi) is 5.26. The topological polar surface area (TPSA) is 94.1 Å². The summed E-state index contributed by atoms with van der Waals surface area (Å²) in [6.45, 7) is 2.44. The smallest absolute Gasteiger partial charge is 0.342 e. The second-order valence-electron chi connectivity index (χ2n) is 5.86. The van der Waals surface area contributed by atoms with E-state index in [1.807, 2.05) is 0 Å². The first-order valence-electron chi connectivity index (χ1n) is 8.19. The molecule has 1 heterocycles. The number of carbonyl (C=O) groups is 2. The number of anilines is 1. The Balaban J connectivity index is 1.58. The van der Waals surface area contributed by atoms with Gasteiger partial charge in [-0.15, -0.1) is 0 Å². The lowest BCUT2D eigenvalue weighted by Crippen LogP contribution is -2.21. The monoisotopic (exact) mass is 357 g/mol. The maximum absolute atomic E-state index is 12.0. The number of aryl methyl sites for hydroxylation is 1. The highest BCUT2D eigenvalue weighted by Crippen LogP contribution is 2.32. The third kappa shape index (κ3) is 4.24. The molecule has 0 unspecified atom stereocenters. The second-order valence-corrected chi connectivity index (χ2v) is 5.86. The summed E-state index contributed by atoms with van der Waals surface area (Å²) in [6, 6.07) is 9.63. The van der Waals surface area contributed by atoms with Gasteiger partial charge in [0.05, 0.1) is 13.2 Å². The first-order valence-corrected chi connectivity index (χ1v) is 8.19. The first-order chi connectivity index (χ1) is 12.5. The van der Waals surface area contributed by atoms with Gasteiger partial charge in [0, 0.05) is 18.2 Å². The predicted molar refractivity (Wildman–Crippen MR) is 93.8 cm³/mol. The minimum absolute atomic E-state index is 0.0216. The van der Waals surface area contributed by atoms with Crippen LogP contribution in [0.2, 0.25) is 0 Å². The van der Waals surface area contributed by atoms with Crippen LogP contribution < -0.4 is 14.8 Å². The predicted octanol–water partition coefficient (Wildman–Crippen LogP) is 2.66. The first kappa shape index (κ1) is 17.6. The van der Waals surface area contributed by atoms with Crippen molar-refractivity contribution < 1.29 is 28.9 Å². The summed E-state index contributed by atoms with van der Waals surface area (Å²) in [6.07, 6.45) is 0.790. The maximum atomic E-state index is 12.0. The van der Waals surface area contributed by atoms with Gasteiger partial charge in [-0.1, -0.05) is 11.6 Å². The molecule has 26 heavy (non-hydrogen) atoms. The number of aromatic hydroxyl groups is 1. The highest BCUT2D eigenvalue weighted by molar-refractivity contribution is 5.97. The van der Waals surface area contributed by atoms with Gasteiger partial charge in [-0.3, -0.25) is 4.79 Å². The molecule has 0 aromatic heterocycles. The van der Waals surface area contributed by atoms with E-state index in [1.54, 1.807) is 31.2 Å². The summed E-state index contributed by atoms with van der Waals surface area (Å²) in [5.41, 5.74) is 1.33. The second kappa shape index (κ2) is 7.77. The summed E-state index contributed by atoms with van der Waals surface area (Å²) < 4.78 is 16.1. The van der Waals surface area contributed by atoms with Crippen molar-refractivity contribution >= 4 is 17.6 Å². The number of rotatable bonds is 4. The van der Waals surface area contributed by atoms with Crippen molar-refractivity contribution in [3.8, 4) is 17.2 Å². The van der Waals surface area contributed by atoms with Crippen molar-refractivity contribution in [2.75, 3.05) is 25.1 Å². The quantitative estimate of drug-likeness (QED) is 0.817. The minimum atomic E-state index is -0.764. The Labute approximate surface area is 150 Å². The third-order valence-electron chi connectivity index (χ3n) is 3.74. The molecule has 0 atom stereocenters. The van der Waals surface area contributed by atoms with Gasteiger partial charge in [-0.2, -0.15) is 0 Å². The van der Waals surface area contributed by atoms with Crippen molar-refractivity contribution in [1.82, 2.24) is 0 Å². The fourth-order valence-corrected chi connectivity index (χ4v) is 2.46. The van der Waals surface area contributed by atoms with E-state index < -0.39 is 18.5 Å². The molecule has 0 fully saturated rings. The number of esters is 1. The number of hydrogen-bond donors (Lipinski definition) is 2. The largest absolute Gasteiger partial charge is 0.507 e. The lowest BCUT2D eigenvalue weighted by Gasteiger charge is -2.11. The number of fused-ring (bicyclic) bond motifs is 1. The van der Waals surface area contributed by atoms with Crippen molar-refractivity contribution in [3.63, 3.8) is 0 Å². The van der Waals surface area contributed by atoms with Gasteiger partial charge in [0.2, 0.25) is 0 Å². The Morgan fingerprint density at radius 2 is 1.88 bits per heavy atom. The van der Waals surface area contributed by atoms with Crippen LogP contribution in [0.5, 0.6) is 17.2 Å². The molecule has 2 aromatic rings. The van der Waals surface area contributed by atoms with Gasteiger partial charge in [0.1, 0.15) is 11.3 Å². The minimum Gasteiger partial charge on any atom is -0.507 e. The Morgan fingerprint density at radius 3 is 2.69 bits per heavy atom. The van der Waals surface area contributed by atoms with E-state index in [0.29, 0.717) is 30.4 Å². The van der Waals surface area contributed by atoms with Crippen molar-refractivity contribution in [2.45, 2.75) is 13.3 Å². The van der Waals surface area contributed by atoms with Crippen LogP contribution in [-0.4, -0.2) is 36.8 Å². The van der Waals surface area contributed by atoms with Gasteiger partial charge in [-0.05, 0) is 31.2 Å². The summed E-state index contributed by atoms with van der Waals surface area (Å²) in [5, 5.41) is 12.3. The van der Waals surface area contributed by atoms with Gasteiger partial charge in [-0.25, -0.2) is 4.79 Å². The molecule has 0 saturated carbocycles. The molecule has 2 aromatic carbocycles. The van der Waals surface area contributed by atoms with E-state index >= 15 is 0 Å². The summed E-state index contributed by atoms with van der Waals surface area (Å²) in [4.78, 5) is 24.0. The highest BCUT2D eigenvalue weighted by Gasteiger charge is 2.16. The molecular formula is C19H19NO6. The average Bonchev–Trinajstić information content (AvgIpc) is 2.86. The third-order valence-corrected chi connectivity index (χ3v) is 3.74. The molecule has 7 nitrogen and oxygen atoms in total. The van der Waals surface area contributed by atoms with Crippen LogP contribution in [0, 0.1) is 6.92 Å². The Hall–Kier alpha value is -3.22. The summed E-state index contributed by atoms with van der Waals surface area (Å²) in [5.74, 6) is -0.271. The van der Waals surface area contributed by atoms with E-state index in [1.165, 1.54) is 12.1 Å². The summed E-state index contributed by atoms with van der Waals surface area (Å²) >= 11 is 0. The SMILES string of the molecule is Cc1ccc(O)c(C(=O)OCC(=O)Nc2ccc3c(c2)OCCCO3)c1. The zero-order valence-electron chi connectivity index (χ0n) is 14.3. The van der Waals surface area contributed by atoms with Gasteiger partial charge in [0.25, 0.3) is 5.91 Å². The zero-order chi connectivity index (χ0) is 18.5. The number of phenols is 1. The molecular weight excluding hydrogens is 338 g/mol. The molecule has 0 saturated heterocycles. The molecule has 1 amide bonds. The van der Waals surface area contributed by atoms with E-state index in [0.717, 1.165) is 12.0 Å². The lowest BCUT2D eigenvalue weighted by molar-refractivity contribution is -0.119. The molecule has 0 bridgehead atoms. The lowest BCUT2D eigenvalue weighted by atomic mass is 10.1. The normalized spacial score (nSPS) is 12.8. The van der Waals surface area contributed by atoms with Crippen LogP contribution in [-0.2, 0) is 9.53 Å². The molecule has 0 spiro atoms. The number of phenolic OH excluding ortho intramolecular Hbond substituents is 1. The van der Waals surface area contributed by atoms with Gasteiger partial charge < -0.3 is 24.6 Å². The standard InChI is InChI=1S/C19H19NO6/c1-12-3-5-15(21)14(9-12)19(23)26-11-18(22)20-13-4-6-16-17(10-13)25-8-2-7-24-16/h3-6,9-10,21H,2,7-8,11H2,1H3,(H,20,22). The van der Waals surface area contributed by atoms with Crippen LogP contribution >= 0.6 is 0 Å². The number of nitrogens with one attached hydrogen (secondary N) is 1. The van der Waals surface area contributed by atoms with Crippen LogP contribution in [0.4, 0.5) is 5.69 Å². The van der Waals surface area contributed by atoms with E-state index in [2.05, 4.69) is 5.32 Å². The Bertz CT molecular complexity index is 833. The van der Waals surface area contributed by atoms with Crippen LogP contribution in [0.3, 0.4) is 0 Å². The molecule has 1 aliphatic rings. The zero-order valence-corrected chi connectivity index (χ0v) is 14.3. The van der Waals surface area contributed by atoms with Crippen LogP contribution in [0.25, 0.3) is 0 Å². The van der Waals surface area contributed by atoms with E-state index in [9.17, 15) is 14.7 Å². The highest BCUT2D eigenvalue weighted by atomic mass is 16.5. The molecule has 1 aliphatic heterocycles. The number of carbonyl (C=O) groups excluding carboxylic acids is 2. The van der Waals surface area contributed by atoms with Crippen molar-refractivity contribution in [1.29, 1.82) is 0 Å². The van der Waals surface area contributed by atoms with Crippen LogP contribution in [0.1, 0.15) is 22.3 Å². The number of benzene rings is 2. The molecule has 2 N–H and O–H groups in total.